The van der Waals surface area contributed by atoms with E-state index in [9.17, 15) is 4.79 Å². The highest BCUT2D eigenvalue weighted by Gasteiger charge is 2.12. The van der Waals surface area contributed by atoms with Crippen molar-refractivity contribution < 1.29 is 4.79 Å². The summed E-state index contributed by atoms with van der Waals surface area (Å²) in [5, 5.41) is 3.76. The zero-order valence-corrected chi connectivity index (χ0v) is 12.8. The van der Waals surface area contributed by atoms with Gasteiger partial charge in [-0.2, -0.15) is 0 Å². The van der Waals surface area contributed by atoms with Crippen molar-refractivity contribution in [3.63, 3.8) is 0 Å². The lowest BCUT2D eigenvalue weighted by atomic mass is 10.1. The molecule has 0 radical (unpaired) electrons. The van der Waals surface area contributed by atoms with Crippen LogP contribution in [0.25, 0.3) is 10.9 Å². The summed E-state index contributed by atoms with van der Waals surface area (Å²) in [6.07, 6.45) is 4.28. The Kier molecular flexibility index (Phi) is 4.24. The van der Waals surface area contributed by atoms with E-state index in [0.29, 0.717) is 12.1 Å². The van der Waals surface area contributed by atoms with Crippen molar-refractivity contribution >= 4 is 48.7 Å². The van der Waals surface area contributed by atoms with Gasteiger partial charge in [0, 0.05) is 32.6 Å². The van der Waals surface area contributed by atoms with E-state index in [0.717, 1.165) is 26.3 Å². The van der Waals surface area contributed by atoms with Crippen molar-refractivity contribution in [1.29, 1.82) is 0 Å². The second kappa shape index (κ2) is 5.71. The average molecular weight is 372 g/mol. The van der Waals surface area contributed by atoms with E-state index in [4.69, 9.17) is 0 Å². The SMILES string of the molecule is C=CCCNC(=O)c1c[nH]c2cc(Br)c(Br)cc12. The first-order chi connectivity index (χ1) is 8.63. The average Bonchev–Trinajstić information content (AvgIpc) is 2.73. The fourth-order valence-corrected chi connectivity index (χ4v) is 2.37. The molecule has 94 valence electrons. The van der Waals surface area contributed by atoms with Crippen LogP contribution in [0, 0.1) is 0 Å². The number of aromatic nitrogens is 1. The van der Waals surface area contributed by atoms with Gasteiger partial charge in [0.1, 0.15) is 0 Å². The Morgan fingerprint density at radius 1 is 1.39 bits per heavy atom. The first-order valence-electron chi connectivity index (χ1n) is 5.48. The molecule has 0 saturated heterocycles. The largest absolute Gasteiger partial charge is 0.360 e. The molecule has 5 heteroatoms. The Bertz CT molecular complexity index is 604. The van der Waals surface area contributed by atoms with Crippen LogP contribution in [0.4, 0.5) is 0 Å². The standard InChI is InChI=1S/C13H12Br2N2O/c1-2-3-4-16-13(18)9-7-17-12-6-11(15)10(14)5-8(9)12/h2,5-7,17H,1,3-4H2,(H,16,18). The van der Waals surface area contributed by atoms with E-state index < -0.39 is 0 Å². The van der Waals surface area contributed by atoms with Crippen molar-refractivity contribution in [3.05, 3.63) is 45.5 Å². The fourth-order valence-electron chi connectivity index (χ4n) is 1.69. The summed E-state index contributed by atoms with van der Waals surface area (Å²) < 4.78 is 1.88. The lowest BCUT2D eigenvalue weighted by Gasteiger charge is -2.03. The number of hydrogen-bond acceptors (Lipinski definition) is 1. The molecule has 0 bridgehead atoms. The fraction of sp³-hybridized carbons (Fsp3) is 0.154. The minimum atomic E-state index is -0.0719. The number of H-pyrrole nitrogens is 1. The highest BCUT2D eigenvalue weighted by molar-refractivity contribution is 9.13. The van der Waals surface area contributed by atoms with Crippen LogP contribution in [0.5, 0.6) is 0 Å². The van der Waals surface area contributed by atoms with Crippen molar-refractivity contribution in [2.24, 2.45) is 0 Å². The number of amides is 1. The van der Waals surface area contributed by atoms with Crippen molar-refractivity contribution in [2.45, 2.75) is 6.42 Å². The van der Waals surface area contributed by atoms with E-state index in [1.165, 1.54) is 0 Å². The lowest BCUT2D eigenvalue weighted by Crippen LogP contribution is -2.23. The summed E-state index contributed by atoms with van der Waals surface area (Å²) in [5.41, 5.74) is 1.58. The van der Waals surface area contributed by atoms with Gasteiger partial charge in [0.25, 0.3) is 5.91 Å². The molecule has 0 aliphatic rings. The molecular formula is C13H12Br2N2O. The van der Waals surface area contributed by atoms with Gasteiger partial charge < -0.3 is 10.3 Å². The highest BCUT2D eigenvalue weighted by Crippen LogP contribution is 2.29. The molecule has 0 aliphatic carbocycles. The van der Waals surface area contributed by atoms with E-state index in [2.05, 4.69) is 48.7 Å². The molecule has 3 nitrogen and oxygen atoms in total. The summed E-state index contributed by atoms with van der Waals surface area (Å²) in [4.78, 5) is 15.1. The second-order valence-corrected chi connectivity index (χ2v) is 5.56. The Hall–Kier alpha value is -1.07. The number of hydrogen-bond donors (Lipinski definition) is 2. The number of aromatic amines is 1. The van der Waals surface area contributed by atoms with Crippen LogP contribution in [0.3, 0.4) is 0 Å². The lowest BCUT2D eigenvalue weighted by molar-refractivity contribution is 0.0956. The van der Waals surface area contributed by atoms with Gasteiger partial charge in [-0.1, -0.05) is 6.08 Å². The van der Waals surface area contributed by atoms with E-state index in [1.54, 1.807) is 12.3 Å². The van der Waals surface area contributed by atoms with Crippen molar-refractivity contribution in [2.75, 3.05) is 6.54 Å². The van der Waals surface area contributed by atoms with Crippen molar-refractivity contribution in [1.82, 2.24) is 10.3 Å². The van der Waals surface area contributed by atoms with Gasteiger partial charge in [0.05, 0.1) is 5.56 Å². The monoisotopic (exact) mass is 370 g/mol. The number of carbonyl (C=O) groups excluding carboxylic acids is 1. The number of halogens is 2. The van der Waals surface area contributed by atoms with Gasteiger partial charge in [-0.3, -0.25) is 4.79 Å². The molecule has 0 saturated carbocycles. The summed E-state index contributed by atoms with van der Waals surface area (Å²) in [5.74, 6) is -0.0719. The molecule has 2 aromatic rings. The molecule has 2 rings (SSSR count). The zero-order chi connectivity index (χ0) is 13.1. The maximum Gasteiger partial charge on any atom is 0.253 e. The Balaban J connectivity index is 2.31. The number of benzene rings is 1. The summed E-state index contributed by atoms with van der Waals surface area (Å²) >= 11 is 6.88. The maximum absolute atomic E-state index is 12.0. The molecule has 0 aliphatic heterocycles. The smallest absolute Gasteiger partial charge is 0.253 e. The molecule has 1 aromatic carbocycles. The van der Waals surface area contributed by atoms with Crippen LogP contribution < -0.4 is 5.32 Å². The predicted octanol–water partition coefficient (Wildman–Crippen LogP) is 4.00. The Morgan fingerprint density at radius 2 is 2.11 bits per heavy atom. The van der Waals surface area contributed by atoms with Gasteiger partial charge in [0.15, 0.2) is 0 Å². The van der Waals surface area contributed by atoms with E-state index >= 15 is 0 Å². The number of fused-ring (bicyclic) bond motifs is 1. The van der Waals surface area contributed by atoms with Crippen LogP contribution >= 0.6 is 31.9 Å². The van der Waals surface area contributed by atoms with Crippen LogP contribution in [0.15, 0.2) is 39.9 Å². The number of nitrogens with one attached hydrogen (secondary N) is 2. The topological polar surface area (TPSA) is 44.9 Å². The molecule has 1 aromatic heterocycles. The second-order valence-electron chi connectivity index (χ2n) is 3.85. The first-order valence-corrected chi connectivity index (χ1v) is 7.07. The minimum Gasteiger partial charge on any atom is -0.360 e. The minimum absolute atomic E-state index is 0.0719. The van der Waals surface area contributed by atoms with Crippen LogP contribution in [-0.2, 0) is 0 Å². The molecule has 0 unspecified atom stereocenters. The Morgan fingerprint density at radius 3 is 2.83 bits per heavy atom. The molecule has 0 atom stereocenters. The molecule has 1 heterocycles. The maximum atomic E-state index is 12.0. The molecule has 1 amide bonds. The van der Waals surface area contributed by atoms with Crippen LogP contribution in [-0.4, -0.2) is 17.4 Å². The van der Waals surface area contributed by atoms with Crippen LogP contribution in [0.1, 0.15) is 16.8 Å². The predicted molar refractivity (Wildman–Crippen MR) is 80.8 cm³/mol. The number of carbonyl (C=O) groups is 1. The summed E-state index contributed by atoms with van der Waals surface area (Å²) in [7, 11) is 0. The van der Waals surface area contributed by atoms with Crippen LogP contribution in [0.2, 0.25) is 0 Å². The summed E-state index contributed by atoms with van der Waals surface area (Å²) in [6, 6.07) is 3.87. The first kappa shape index (κ1) is 13.4. The normalized spacial score (nSPS) is 10.6. The van der Waals surface area contributed by atoms with E-state index in [1.807, 2.05) is 12.1 Å². The molecule has 0 spiro atoms. The summed E-state index contributed by atoms with van der Waals surface area (Å²) in [6.45, 7) is 4.23. The quantitative estimate of drug-likeness (QED) is 0.619. The molecular weight excluding hydrogens is 360 g/mol. The molecule has 0 fully saturated rings. The zero-order valence-electron chi connectivity index (χ0n) is 9.59. The third-order valence-corrected chi connectivity index (χ3v) is 4.45. The van der Waals surface area contributed by atoms with Gasteiger partial charge in [-0.15, -0.1) is 6.58 Å². The van der Waals surface area contributed by atoms with Crippen molar-refractivity contribution in [3.8, 4) is 0 Å². The van der Waals surface area contributed by atoms with Gasteiger partial charge in [-0.25, -0.2) is 0 Å². The van der Waals surface area contributed by atoms with E-state index in [-0.39, 0.29) is 5.91 Å². The molecule has 2 N–H and O–H groups in total. The highest BCUT2D eigenvalue weighted by atomic mass is 79.9. The Labute approximate surface area is 122 Å². The molecule has 18 heavy (non-hydrogen) atoms. The van der Waals surface area contributed by atoms with Gasteiger partial charge >= 0.3 is 0 Å². The van der Waals surface area contributed by atoms with Gasteiger partial charge in [-0.05, 0) is 50.4 Å². The number of rotatable bonds is 4. The third kappa shape index (κ3) is 2.67. The van der Waals surface area contributed by atoms with Gasteiger partial charge in [0.2, 0.25) is 0 Å². The third-order valence-electron chi connectivity index (χ3n) is 2.60.